The van der Waals surface area contributed by atoms with Gasteiger partial charge in [0, 0.05) is 6.54 Å². The number of rotatable bonds is 3. The van der Waals surface area contributed by atoms with E-state index in [4.69, 9.17) is 18.0 Å². The number of amides is 1. The van der Waals surface area contributed by atoms with Gasteiger partial charge in [-0.15, -0.1) is 0 Å². The van der Waals surface area contributed by atoms with Gasteiger partial charge in [0.25, 0.3) is 0 Å². The SMILES string of the molecule is NC(=S)C1(C(=O)N2CCCC2CO)CCCCCC1. The number of hydrogen-bond donors (Lipinski definition) is 2. The monoisotopic (exact) mass is 284 g/mol. The number of carbonyl (C=O) groups is 1. The van der Waals surface area contributed by atoms with Crippen LogP contribution in [-0.4, -0.2) is 40.1 Å². The highest BCUT2D eigenvalue weighted by Gasteiger charge is 2.46. The molecule has 0 aromatic carbocycles. The Morgan fingerprint density at radius 1 is 1.26 bits per heavy atom. The molecule has 1 atom stereocenters. The maximum Gasteiger partial charge on any atom is 0.235 e. The van der Waals surface area contributed by atoms with E-state index in [-0.39, 0.29) is 18.6 Å². The Labute approximate surface area is 120 Å². The Hall–Kier alpha value is -0.680. The van der Waals surface area contributed by atoms with Gasteiger partial charge in [0.15, 0.2) is 0 Å². The number of carbonyl (C=O) groups excluding carboxylic acids is 1. The van der Waals surface area contributed by atoms with Crippen molar-refractivity contribution in [3.8, 4) is 0 Å². The van der Waals surface area contributed by atoms with E-state index >= 15 is 0 Å². The maximum absolute atomic E-state index is 12.9. The third-order valence-electron chi connectivity index (χ3n) is 4.69. The Morgan fingerprint density at radius 3 is 2.42 bits per heavy atom. The molecule has 0 aromatic heterocycles. The molecule has 4 nitrogen and oxygen atoms in total. The van der Waals surface area contributed by atoms with E-state index in [1.54, 1.807) is 0 Å². The third-order valence-corrected chi connectivity index (χ3v) is 5.08. The molecule has 2 fully saturated rings. The van der Waals surface area contributed by atoms with Crippen molar-refractivity contribution in [3.05, 3.63) is 0 Å². The minimum absolute atomic E-state index is 0.0398. The third kappa shape index (κ3) is 2.77. The summed E-state index contributed by atoms with van der Waals surface area (Å²) in [4.78, 5) is 15.1. The van der Waals surface area contributed by atoms with Crippen LogP contribution >= 0.6 is 12.2 Å². The fourth-order valence-corrected chi connectivity index (χ4v) is 3.76. The number of nitrogens with zero attached hydrogens (tertiary/aromatic N) is 1. The van der Waals surface area contributed by atoms with Crippen LogP contribution in [0.25, 0.3) is 0 Å². The van der Waals surface area contributed by atoms with Gasteiger partial charge in [0.2, 0.25) is 5.91 Å². The molecule has 108 valence electrons. The lowest BCUT2D eigenvalue weighted by molar-refractivity contribution is -0.140. The van der Waals surface area contributed by atoms with Crippen molar-refractivity contribution in [2.24, 2.45) is 11.1 Å². The van der Waals surface area contributed by atoms with Gasteiger partial charge in [0.05, 0.1) is 23.1 Å². The van der Waals surface area contributed by atoms with Crippen molar-refractivity contribution in [1.29, 1.82) is 0 Å². The quantitative estimate of drug-likeness (QED) is 0.610. The van der Waals surface area contributed by atoms with Crippen LogP contribution in [-0.2, 0) is 4.79 Å². The van der Waals surface area contributed by atoms with Crippen LogP contribution in [0.2, 0.25) is 0 Å². The lowest BCUT2D eigenvalue weighted by Crippen LogP contribution is -2.52. The summed E-state index contributed by atoms with van der Waals surface area (Å²) in [6, 6.07) is -0.0398. The predicted molar refractivity (Wildman–Crippen MR) is 78.7 cm³/mol. The van der Waals surface area contributed by atoms with Gasteiger partial charge >= 0.3 is 0 Å². The topological polar surface area (TPSA) is 66.6 Å². The van der Waals surface area contributed by atoms with Crippen LogP contribution in [0.4, 0.5) is 0 Å². The predicted octanol–water partition coefficient (Wildman–Crippen LogP) is 1.60. The molecule has 0 bridgehead atoms. The van der Waals surface area contributed by atoms with Gasteiger partial charge in [-0.1, -0.05) is 37.9 Å². The molecule has 19 heavy (non-hydrogen) atoms. The zero-order valence-electron chi connectivity index (χ0n) is 11.4. The summed E-state index contributed by atoms with van der Waals surface area (Å²) >= 11 is 5.24. The molecular formula is C14H24N2O2S. The number of hydrogen-bond acceptors (Lipinski definition) is 3. The second-order valence-corrected chi connectivity index (χ2v) is 6.28. The number of aliphatic hydroxyl groups is 1. The van der Waals surface area contributed by atoms with Crippen molar-refractivity contribution in [2.45, 2.75) is 57.4 Å². The molecule has 2 rings (SSSR count). The van der Waals surface area contributed by atoms with Crippen LogP contribution in [0.1, 0.15) is 51.4 Å². The van der Waals surface area contributed by atoms with Crippen LogP contribution in [0.3, 0.4) is 0 Å². The summed E-state index contributed by atoms with van der Waals surface area (Å²) in [6.07, 6.45) is 7.73. The van der Waals surface area contributed by atoms with Gasteiger partial charge < -0.3 is 15.7 Å². The molecule has 1 saturated carbocycles. The Kier molecular flexibility index (Phi) is 4.79. The second kappa shape index (κ2) is 6.18. The highest BCUT2D eigenvalue weighted by atomic mass is 32.1. The van der Waals surface area contributed by atoms with E-state index in [0.29, 0.717) is 4.99 Å². The maximum atomic E-state index is 12.9. The molecule has 1 unspecified atom stereocenters. The molecule has 1 amide bonds. The van der Waals surface area contributed by atoms with Gasteiger partial charge in [-0.2, -0.15) is 0 Å². The Bertz CT molecular complexity index is 351. The first-order chi connectivity index (χ1) is 9.12. The minimum Gasteiger partial charge on any atom is -0.394 e. The van der Waals surface area contributed by atoms with Crippen molar-refractivity contribution in [1.82, 2.24) is 4.90 Å². The highest BCUT2D eigenvalue weighted by molar-refractivity contribution is 7.80. The van der Waals surface area contributed by atoms with E-state index < -0.39 is 5.41 Å². The van der Waals surface area contributed by atoms with E-state index in [9.17, 15) is 9.90 Å². The molecule has 5 heteroatoms. The lowest BCUT2D eigenvalue weighted by atomic mass is 9.78. The number of aliphatic hydroxyl groups excluding tert-OH is 1. The normalized spacial score (nSPS) is 27.0. The zero-order valence-corrected chi connectivity index (χ0v) is 12.3. The fraction of sp³-hybridized carbons (Fsp3) is 0.857. The van der Waals surface area contributed by atoms with Gasteiger partial charge in [-0.05, 0) is 25.7 Å². The number of thiocarbonyl (C=S) groups is 1. The zero-order chi connectivity index (χ0) is 13.9. The van der Waals surface area contributed by atoms with Crippen LogP contribution in [0.5, 0.6) is 0 Å². The summed E-state index contributed by atoms with van der Waals surface area (Å²) in [5, 5.41) is 9.40. The van der Waals surface area contributed by atoms with Crippen LogP contribution in [0.15, 0.2) is 0 Å². The molecular weight excluding hydrogens is 260 g/mol. The standard InChI is InChI=1S/C14H24N2O2S/c15-12(19)14(7-3-1-2-4-8-14)13(18)16-9-5-6-11(16)10-17/h11,17H,1-10H2,(H2,15,19). The first kappa shape index (κ1) is 14.7. The second-order valence-electron chi connectivity index (χ2n) is 5.84. The van der Waals surface area contributed by atoms with Crippen molar-refractivity contribution in [3.63, 3.8) is 0 Å². The van der Waals surface area contributed by atoms with Gasteiger partial charge in [-0.3, -0.25) is 4.79 Å². The summed E-state index contributed by atoms with van der Waals surface area (Å²) in [7, 11) is 0. The average molecular weight is 284 g/mol. The molecule has 1 heterocycles. The van der Waals surface area contributed by atoms with Crippen LogP contribution in [0, 0.1) is 5.41 Å². The van der Waals surface area contributed by atoms with Gasteiger partial charge in [-0.25, -0.2) is 0 Å². The first-order valence-electron chi connectivity index (χ1n) is 7.33. The largest absolute Gasteiger partial charge is 0.394 e. The molecule has 3 N–H and O–H groups in total. The van der Waals surface area contributed by atoms with E-state index in [0.717, 1.165) is 57.9 Å². The number of nitrogens with two attached hydrogens (primary N) is 1. The molecule has 1 aliphatic heterocycles. The van der Waals surface area contributed by atoms with E-state index in [2.05, 4.69) is 0 Å². The summed E-state index contributed by atoms with van der Waals surface area (Å²) in [5.74, 6) is 0.0680. The molecule has 0 spiro atoms. The molecule has 0 aromatic rings. The lowest BCUT2D eigenvalue weighted by Gasteiger charge is -2.36. The molecule has 1 saturated heterocycles. The van der Waals surface area contributed by atoms with Crippen molar-refractivity contribution in [2.75, 3.05) is 13.2 Å². The molecule has 0 radical (unpaired) electrons. The summed E-state index contributed by atoms with van der Waals surface area (Å²) in [5.41, 5.74) is 5.30. The van der Waals surface area contributed by atoms with Crippen molar-refractivity contribution >= 4 is 23.1 Å². The first-order valence-corrected chi connectivity index (χ1v) is 7.74. The average Bonchev–Trinajstić information content (AvgIpc) is 2.73. The molecule has 2 aliphatic rings. The Balaban J connectivity index is 2.22. The van der Waals surface area contributed by atoms with E-state index in [1.165, 1.54) is 0 Å². The van der Waals surface area contributed by atoms with Crippen molar-refractivity contribution < 1.29 is 9.90 Å². The smallest absolute Gasteiger partial charge is 0.235 e. The number of likely N-dealkylation sites (tertiary alicyclic amines) is 1. The minimum atomic E-state index is -0.649. The molecule has 1 aliphatic carbocycles. The fourth-order valence-electron chi connectivity index (χ4n) is 3.47. The van der Waals surface area contributed by atoms with E-state index in [1.807, 2.05) is 4.90 Å². The highest BCUT2D eigenvalue weighted by Crippen LogP contribution is 2.39. The summed E-state index contributed by atoms with van der Waals surface area (Å²) in [6.45, 7) is 0.771. The van der Waals surface area contributed by atoms with Crippen LogP contribution < -0.4 is 5.73 Å². The summed E-state index contributed by atoms with van der Waals surface area (Å²) < 4.78 is 0. The van der Waals surface area contributed by atoms with Gasteiger partial charge in [0.1, 0.15) is 0 Å². The Morgan fingerprint density at radius 2 is 1.89 bits per heavy atom.